The van der Waals surface area contributed by atoms with Crippen LogP contribution in [-0.2, 0) is 13.6 Å². The van der Waals surface area contributed by atoms with E-state index in [0.717, 1.165) is 30.0 Å². The predicted molar refractivity (Wildman–Crippen MR) is 98.8 cm³/mol. The highest BCUT2D eigenvalue weighted by atomic mass is 16.5. The summed E-state index contributed by atoms with van der Waals surface area (Å²) in [6.07, 6.45) is 2.80. The first-order valence-electron chi connectivity index (χ1n) is 8.40. The minimum Gasteiger partial charge on any atom is -0.497 e. The highest BCUT2D eigenvalue weighted by Crippen LogP contribution is 2.27. The van der Waals surface area contributed by atoms with Gasteiger partial charge in [0.2, 0.25) is 5.78 Å². The third-order valence-corrected chi connectivity index (χ3v) is 4.55. The van der Waals surface area contributed by atoms with Crippen LogP contribution in [0.1, 0.15) is 13.3 Å². The molecule has 4 aromatic rings. The van der Waals surface area contributed by atoms with Crippen LogP contribution in [-0.4, -0.2) is 30.6 Å². The Labute approximate surface area is 148 Å². The van der Waals surface area contributed by atoms with Gasteiger partial charge in [0, 0.05) is 25.4 Å². The highest BCUT2D eigenvalue weighted by molar-refractivity contribution is 5.78. The first kappa shape index (κ1) is 16.2. The fraction of sp³-hybridized carbons (Fsp3) is 0.278. The number of fused-ring (bicyclic) bond motifs is 3. The maximum absolute atomic E-state index is 12.4. The van der Waals surface area contributed by atoms with E-state index < -0.39 is 11.2 Å². The third-order valence-electron chi connectivity index (χ3n) is 4.55. The highest BCUT2D eigenvalue weighted by Gasteiger charge is 2.19. The first-order valence-corrected chi connectivity index (χ1v) is 8.40. The van der Waals surface area contributed by atoms with Gasteiger partial charge < -0.3 is 9.30 Å². The van der Waals surface area contributed by atoms with Crippen LogP contribution in [0.5, 0.6) is 5.75 Å². The average molecular weight is 353 g/mol. The SMILES string of the molecule is CCCn1c(-c2ccc(OC)cc2)cn2c3c(=O)[nH]c(=O)n(C)c3nc12. The summed E-state index contributed by atoms with van der Waals surface area (Å²) in [5.74, 6) is 1.42. The number of nitrogens with one attached hydrogen (secondary N) is 1. The van der Waals surface area contributed by atoms with Gasteiger partial charge in [-0.3, -0.25) is 18.7 Å². The summed E-state index contributed by atoms with van der Waals surface area (Å²) in [6.45, 7) is 2.83. The van der Waals surface area contributed by atoms with E-state index in [1.807, 2.05) is 30.5 Å². The second-order valence-electron chi connectivity index (χ2n) is 6.17. The maximum Gasteiger partial charge on any atom is 0.329 e. The summed E-state index contributed by atoms with van der Waals surface area (Å²) >= 11 is 0. The normalized spacial score (nSPS) is 11.5. The summed E-state index contributed by atoms with van der Waals surface area (Å²) < 4.78 is 10.4. The van der Waals surface area contributed by atoms with Gasteiger partial charge in [0.15, 0.2) is 11.2 Å². The number of methoxy groups -OCH3 is 1. The van der Waals surface area contributed by atoms with E-state index in [0.29, 0.717) is 16.9 Å². The van der Waals surface area contributed by atoms with Gasteiger partial charge in [-0.25, -0.2) is 4.79 Å². The van der Waals surface area contributed by atoms with Gasteiger partial charge in [-0.15, -0.1) is 0 Å². The zero-order valence-electron chi connectivity index (χ0n) is 14.8. The standard InChI is InChI=1S/C18H19N5O3/c1-4-9-22-13(11-5-7-12(26-3)8-6-11)10-23-14-15(19-17(22)23)21(2)18(25)20-16(14)24/h5-8,10H,4,9H2,1-3H3,(H,20,24,25). The minimum atomic E-state index is -0.472. The lowest BCUT2D eigenvalue weighted by atomic mass is 10.1. The van der Waals surface area contributed by atoms with Crippen molar-refractivity contribution in [3.63, 3.8) is 0 Å². The Hall–Kier alpha value is -3.29. The number of H-pyrrole nitrogens is 1. The monoisotopic (exact) mass is 353 g/mol. The zero-order valence-corrected chi connectivity index (χ0v) is 14.8. The Morgan fingerprint density at radius 1 is 1.19 bits per heavy atom. The Morgan fingerprint density at radius 3 is 2.58 bits per heavy atom. The van der Waals surface area contributed by atoms with Gasteiger partial charge in [0.05, 0.1) is 12.8 Å². The molecule has 0 radical (unpaired) electrons. The second-order valence-corrected chi connectivity index (χ2v) is 6.17. The van der Waals surface area contributed by atoms with E-state index in [-0.39, 0.29) is 0 Å². The molecule has 1 N–H and O–H groups in total. The van der Waals surface area contributed by atoms with Gasteiger partial charge in [-0.1, -0.05) is 6.92 Å². The van der Waals surface area contributed by atoms with E-state index in [9.17, 15) is 9.59 Å². The van der Waals surface area contributed by atoms with Gasteiger partial charge in [-0.2, -0.15) is 4.98 Å². The third kappa shape index (κ3) is 2.26. The molecule has 0 fully saturated rings. The molecule has 4 rings (SSSR count). The summed E-state index contributed by atoms with van der Waals surface area (Å²) in [5.41, 5.74) is 1.78. The maximum atomic E-state index is 12.4. The lowest BCUT2D eigenvalue weighted by Crippen LogP contribution is -2.28. The topological polar surface area (TPSA) is 86.3 Å². The Bertz CT molecular complexity index is 1220. The van der Waals surface area contributed by atoms with Crippen molar-refractivity contribution in [2.45, 2.75) is 19.9 Å². The van der Waals surface area contributed by atoms with Gasteiger partial charge in [0.25, 0.3) is 5.56 Å². The summed E-state index contributed by atoms with van der Waals surface area (Å²) in [4.78, 5) is 31.1. The molecule has 8 nitrogen and oxygen atoms in total. The molecule has 0 bridgehead atoms. The largest absolute Gasteiger partial charge is 0.497 e. The Balaban J connectivity index is 2.05. The van der Waals surface area contributed by atoms with Crippen molar-refractivity contribution in [3.8, 4) is 17.0 Å². The molecule has 0 unspecified atom stereocenters. The second kappa shape index (κ2) is 5.91. The smallest absolute Gasteiger partial charge is 0.329 e. The van der Waals surface area contributed by atoms with Crippen molar-refractivity contribution in [1.29, 1.82) is 0 Å². The fourth-order valence-corrected chi connectivity index (χ4v) is 3.24. The fourth-order valence-electron chi connectivity index (χ4n) is 3.24. The number of hydrogen-bond acceptors (Lipinski definition) is 4. The van der Waals surface area contributed by atoms with E-state index in [2.05, 4.69) is 21.5 Å². The molecule has 3 heterocycles. The lowest BCUT2D eigenvalue weighted by Gasteiger charge is -2.08. The minimum absolute atomic E-state index is 0.367. The number of hydrogen-bond donors (Lipinski definition) is 1. The molecule has 134 valence electrons. The summed E-state index contributed by atoms with van der Waals surface area (Å²) in [5, 5.41) is 0. The molecule has 0 aliphatic carbocycles. The molecular weight excluding hydrogens is 334 g/mol. The van der Waals surface area contributed by atoms with Crippen molar-refractivity contribution in [3.05, 3.63) is 51.3 Å². The van der Waals surface area contributed by atoms with Crippen LogP contribution in [0, 0.1) is 0 Å². The molecule has 0 amide bonds. The Kier molecular flexibility index (Phi) is 3.68. The van der Waals surface area contributed by atoms with E-state index in [4.69, 9.17) is 4.74 Å². The molecule has 0 saturated carbocycles. The average Bonchev–Trinajstić information content (AvgIpc) is 3.17. The van der Waals surface area contributed by atoms with Crippen molar-refractivity contribution in [2.24, 2.45) is 7.05 Å². The van der Waals surface area contributed by atoms with Crippen LogP contribution >= 0.6 is 0 Å². The molecule has 0 atom stereocenters. The number of nitrogens with zero attached hydrogens (tertiary/aromatic N) is 4. The van der Waals surface area contributed by atoms with Crippen LogP contribution in [0.4, 0.5) is 0 Å². The van der Waals surface area contributed by atoms with E-state index in [1.165, 1.54) is 4.57 Å². The lowest BCUT2D eigenvalue weighted by molar-refractivity contribution is 0.415. The predicted octanol–water partition coefficient (Wildman–Crippen LogP) is 1.76. The van der Waals surface area contributed by atoms with Crippen molar-refractivity contribution < 1.29 is 4.74 Å². The molecular formula is C18H19N5O3. The number of benzene rings is 1. The zero-order chi connectivity index (χ0) is 18.4. The molecule has 0 aliphatic heterocycles. The van der Waals surface area contributed by atoms with Gasteiger partial charge in [0.1, 0.15) is 5.75 Å². The van der Waals surface area contributed by atoms with Gasteiger partial charge >= 0.3 is 5.69 Å². The van der Waals surface area contributed by atoms with Crippen molar-refractivity contribution in [2.75, 3.05) is 7.11 Å². The molecule has 8 heteroatoms. The Morgan fingerprint density at radius 2 is 1.92 bits per heavy atom. The van der Waals surface area contributed by atoms with Crippen molar-refractivity contribution >= 4 is 16.9 Å². The van der Waals surface area contributed by atoms with Crippen LogP contribution in [0.2, 0.25) is 0 Å². The van der Waals surface area contributed by atoms with Crippen LogP contribution in [0.15, 0.2) is 40.1 Å². The number of imidazole rings is 2. The molecule has 26 heavy (non-hydrogen) atoms. The summed E-state index contributed by atoms with van der Waals surface area (Å²) in [7, 11) is 3.23. The quantitative estimate of drug-likeness (QED) is 0.606. The number of aromatic amines is 1. The van der Waals surface area contributed by atoms with E-state index in [1.54, 1.807) is 18.6 Å². The van der Waals surface area contributed by atoms with Gasteiger partial charge in [-0.05, 0) is 30.7 Å². The number of aromatic nitrogens is 5. The molecule has 0 spiro atoms. The van der Waals surface area contributed by atoms with Crippen LogP contribution in [0.3, 0.4) is 0 Å². The van der Waals surface area contributed by atoms with Crippen LogP contribution < -0.4 is 16.0 Å². The van der Waals surface area contributed by atoms with Crippen LogP contribution in [0.25, 0.3) is 28.2 Å². The molecule has 0 aliphatic rings. The van der Waals surface area contributed by atoms with Crippen molar-refractivity contribution in [1.82, 2.24) is 23.5 Å². The first-order chi connectivity index (χ1) is 12.5. The molecule has 3 aromatic heterocycles. The summed E-state index contributed by atoms with van der Waals surface area (Å²) in [6, 6.07) is 7.75. The molecule has 0 saturated heterocycles. The number of aryl methyl sites for hydroxylation is 2. The number of ether oxygens (including phenoxy) is 1. The number of rotatable bonds is 4. The van der Waals surface area contributed by atoms with E-state index >= 15 is 0 Å². The molecule has 1 aromatic carbocycles.